The maximum Gasteiger partial charge on any atom is 0.174 e. The predicted molar refractivity (Wildman–Crippen MR) is 54.6 cm³/mol. The molecule has 1 saturated heterocycles. The van der Waals surface area contributed by atoms with Crippen LogP contribution >= 0.6 is 23.1 Å². The molecule has 0 aliphatic carbocycles. The van der Waals surface area contributed by atoms with Crippen LogP contribution in [-0.4, -0.2) is 34.9 Å². The van der Waals surface area contributed by atoms with E-state index in [0.717, 1.165) is 17.4 Å². The fourth-order valence-electron chi connectivity index (χ4n) is 1.26. The Morgan fingerprint density at radius 1 is 1.79 bits per heavy atom. The average Bonchev–Trinajstić information content (AvgIpc) is 2.87. The molecule has 0 saturated carbocycles. The number of hydrogen-bond donors (Lipinski definition) is 0. The molecular formula is C8H10N2O2S2. The van der Waals surface area contributed by atoms with Crippen molar-refractivity contribution in [3.8, 4) is 0 Å². The van der Waals surface area contributed by atoms with Crippen molar-refractivity contribution in [1.29, 1.82) is 0 Å². The van der Waals surface area contributed by atoms with Crippen molar-refractivity contribution in [2.75, 3.05) is 19.0 Å². The normalized spacial score (nSPS) is 21.3. The van der Waals surface area contributed by atoms with Gasteiger partial charge in [0.2, 0.25) is 0 Å². The molecule has 1 atom stereocenters. The quantitative estimate of drug-likeness (QED) is 0.728. The molecule has 0 radical (unpaired) electrons. The van der Waals surface area contributed by atoms with Crippen LogP contribution in [0.15, 0.2) is 9.85 Å². The molecule has 1 unspecified atom stereocenters. The molecule has 76 valence electrons. The first kappa shape index (κ1) is 10.1. The number of Topliss-reactive ketones (excluding diaryl/α,β-unsaturated/α-hetero) is 1. The number of ketones is 1. The van der Waals surface area contributed by atoms with Gasteiger partial charge in [-0.05, 0) is 6.42 Å². The molecule has 4 nitrogen and oxygen atoms in total. The van der Waals surface area contributed by atoms with E-state index in [1.807, 2.05) is 0 Å². The number of carbonyl (C=O) groups is 1. The van der Waals surface area contributed by atoms with Gasteiger partial charge in [0.15, 0.2) is 4.34 Å². The molecule has 1 aliphatic heterocycles. The van der Waals surface area contributed by atoms with Crippen molar-refractivity contribution in [1.82, 2.24) is 10.2 Å². The third-order valence-electron chi connectivity index (χ3n) is 2.06. The van der Waals surface area contributed by atoms with Crippen LogP contribution in [0.4, 0.5) is 0 Å². The zero-order valence-electron chi connectivity index (χ0n) is 7.51. The molecule has 1 fully saturated rings. The van der Waals surface area contributed by atoms with Gasteiger partial charge in [-0.2, -0.15) is 0 Å². The number of rotatable bonds is 4. The van der Waals surface area contributed by atoms with Crippen LogP contribution in [0.2, 0.25) is 0 Å². The molecule has 6 heteroatoms. The first-order chi connectivity index (χ1) is 6.86. The fourth-order valence-corrected chi connectivity index (χ4v) is 2.73. The summed E-state index contributed by atoms with van der Waals surface area (Å²) < 4.78 is 6.02. The first-order valence-electron chi connectivity index (χ1n) is 4.35. The van der Waals surface area contributed by atoms with Gasteiger partial charge in [-0.1, -0.05) is 23.1 Å². The van der Waals surface area contributed by atoms with E-state index in [-0.39, 0.29) is 11.7 Å². The standard InChI is InChI=1S/C8H10N2O2S2/c11-7(6-1-2-12-3-6)4-13-8-10-9-5-14-8/h5-6H,1-4H2. The van der Waals surface area contributed by atoms with Gasteiger partial charge in [0.05, 0.1) is 12.4 Å². The SMILES string of the molecule is O=C(CSc1nncs1)C1CCOC1. The van der Waals surface area contributed by atoms with Crippen LogP contribution in [0, 0.1) is 5.92 Å². The molecule has 0 amide bonds. The summed E-state index contributed by atoms with van der Waals surface area (Å²) in [5.41, 5.74) is 1.67. The summed E-state index contributed by atoms with van der Waals surface area (Å²) in [6.45, 7) is 1.31. The van der Waals surface area contributed by atoms with Crippen LogP contribution in [-0.2, 0) is 9.53 Å². The van der Waals surface area contributed by atoms with Crippen molar-refractivity contribution < 1.29 is 9.53 Å². The lowest BCUT2D eigenvalue weighted by molar-refractivity contribution is -0.120. The minimum absolute atomic E-state index is 0.107. The smallest absolute Gasteiger partial charge is 0.174 e. The molecule has 1 aromatic heterocycles. The molecule has 0 spiro atoms. The van der Waals surface area contributed by atoms with Gasteiger partial charge in [0.25, 0.3) is 0 Å². The third-order valence-corrected chi connectivity index (χ3v) is 3.95. The van der Waals surface area contributed by atoms with Crippen molar-refractivity contribution in [2.45, 2.75) is 10.8 Å². The van der Waals surface area contributed by atoms with E-state index in [2.05, 4.69) is 10.2 Å². The van der Waals surface area contributed by atoms with E-state index in [4.69, 9.17) is 4.74 Å². The summed E-state index contributed by atoms with van der Waals surface area (Å²) in [5, 5.41) is 7.57. The summed E-state index contributed by atoms with van der Waals surface area (Å²) in [5.74, 6) is 0.863. The van der Waals surface area contributed by atoms with E-state index in [1.165, 1.54) is 23.1 Å². The maximum atomic E-state index is 11.6. The van der Waals surface area contributed by atoms with Crippen molar-refractivity contribution in [3.05, 3.63) is 5.51 Å². The number of aromatic nitrogens is 2. The molecular weight excluding hydrogens is 220 g/mol. The number of thioether (sulfide) groups is 1. The number of hydrogen-bond acceptors (Lipinski definition) is 6. The van der Waals surface area contributed by atoms with Gasteiger partial charge in [-0.15, -0.1) is 10.2 Å². The molecule has 2 rings (SSSR count). The minimum Gasteiger partial charge on any atom is -0.381 e. The van der Waals surface area contributed by atoms with Gasteiger partial charge in [-0.3, -0.25) is 4.79 Å². The van der Waals surface area contributed by atoms with Crippen molar-refractivity contribution in [2.24, 2.45) is 5.92 Å². The topological polar surface area (TPSA) is 52.1 Å². The Hall–Kier alpha value is -0.460. The number of carbonyl (C=O) groups excluding carboxylic acids is 1. The van der Waals surface area contributed by atoms with Crippen LogP contribution in [0.1, 0.15) is 6.42 Å². The molecule has 2 heterocycles. The second-order valence-corrected chi connectivity index (χ2v) is 5.08. The average molecular weight is 230 g/mol. The van der Waals surface area contributed by atoms with Gasteiger partial charge < -0.3 is 4.74 Å². The maximum absolute atomic E-state index is 11.6. The van der Waals surface area contributed by atoms with E-state index in [1.54, 1.807) is 5.51 Å². The van der Waals surface area contributed by atoms with Gasteiger partial charge in [0, 0.05) is 12.5 Å². The van der Waals surface area contributed by atoms with Crippen LogP contribution in [0.25, 0.3) is 0 Å². The highest BCUT2D eigenvalue weighted by Gasteiger charge is 2.23. The third kappa shape index (κ3) is 2.52. The number of nitrogens with zero attached hydrogens (tertiary/aromatic N) is 2. The van der Waals surface area contributed by atoms with Crippen molar-refractivity contribution in [3.63, 3.8) is 0 Å². The Morgan fingerprint density at radius 3 is 3.36 bits per heavy atom. The fraction of sp³-hybridized carbons (Fsp3) is 0.625. The lowest BCUT2D eigenvalue weighted by atomic mass is 10.1. The highest BCUT2D eigenvalue weighted by Crippen LogP contribution is 2.22. The zero-order chi connectivity index (χ0) is 9.80. The summed E-state index contributed by atoms with van der Waals surface area (Å²) in [4.78, 5) is 11.6. The Kier molecular flexibility index (Phi) is 3.49. The molecule has 1 aromatic rings. The number of ether oxygens (including phenoxy) is 1. The monoisotopic (exact) mass is 230 g/mol. The molecule has 0 bridgehead atoms. The predicted octanol–water partition coefficient (Wildman–Crippen LogP) is 1.24. The highest BCUT2D eigenvalue weighted by atomic mass is 32.2. The Balaban J connectivity index is 1.77. The molecule has 0 aromatic carbocycles. The zero-order valence-corrected chi connectivity index (χ0v) is 9.14. The largest absolute Gasteiger partial charge is 0.381 e. The summed E-state index contributed by atoms with van der Waals surface area (Å²) in [6, 6.07) is 0. The van der Waals surface area contributed by atoms with Gasteiger partial charge in [-0.25, -0.2) is 0 Å². The Morgan fingerprint density at radius 2 is 2.71 bits per heavy atom. The van der Waals surface area contributed by atoms with Gasteiger partial charge >= 0.3 is 0 Å². The lowest BCUT2D eigenvalue weighted by Gasteiger charge is -2.03. The Labute approximate surface area is 90.1 Å². The summed E-state index contributed by atoms with van der Waals surface area (Å²) in [6.07, 6.45) is 0.871. The second-order valence-electron chi connectivity index (χ2n) is 3.02. The van der Waals surface area contributed by atoms with Crippen LogP contribution < -0.4 is 0 Å². The molecule has 0 N–H and O–H groups in total. The van der Waals surface area contributed by atoms with Crippen LogP contribution in [0.5, 0.6) is 0 Å². The summed E-state index contributed by atoms with van der Waals surface area (Å²) >= 11 is 2.93. The van der Waals surface area contributed by atoms with Crippen LogP contribution in [0.3, 0.4) is 0 Å². The summed E-state index contributed by atoms with van der Waals surface area (Å²) in [7, 11) is 0. The lowest BCUT2D eigenvalue weighted by Crippen LogP contribution is -2.16. The van der Waals surface area contributed by atoms with Gasteiger partial charge in [0.1, 0.15) is 11.3 Å². The second kappa shape index (κ2) is 4.86. The van der Waals surface area contributed by atoms with E-state index < -0.39 is 0 Å². The Bertz CT molecular complexity index is 296. The van der Waals surface area contributed by atoms with Crippen molar-refractivity contribution >= 4 is 28.9 Å². The molecule has 1 aliphatic rings. The first-order valence-corrected chi connectivity index (χ1v) is 6.22. The minimum atomic E-state index is 0.107. The van der Waals surface area contributed by atoms with E-state index in [0.29, 0.717) is 12.4 Å². The van der Waals surface area contributed by atoms with E-state index in [9.17, 15) is 4.79 Å². The van der Waals surface area contributed by atoms with E-state index >= 15 is 0 Å². The molecule has 14 heavy (non-hydrogen) atoms. The highest BCUT2D eigenvalue weighted by molar-refractivity contribution is 8.01.